The molecule has 0 spiro atoms. The van der Waals surface area contributed by atoms with Gasteiger partial charge in [0.25, 0.3) is 0 Å². The highest BCUT2D eigenvalue weighted by molar-refractivity contribution is 5.71. The molecule has 0 saturated carbocycles. The van der Waals surface area contributed by atoms with Crippen molar-refractivity contribution in [3.05, 3.63) is 60.8 Å². The maximum Gasteiger partial charge on any atom is 0.306 e. The Kier molecular flexibility index (Phi) is 52.3. The van der Waals surface area contributed by atoms with Crippen LogP contribution < -0.4 is 0 Å². The molecule has 0 N–H and O–H groups in total. The van der Waals surface area contributed by atoms with Gasteiger partial charge in [-0.3, -0.25) is 14.4 Å². The van der Waals surface area contributed by atoms with Gasteiger partial charge in [-0.25, -0.2) is 0 Å². The first kappa shape index (κ1) is 63.1. The minimum Gasteiger partial charge on any atom is -0.462 e. The van der Waals surface area contributed by atoms with Crippen molar-refractivity contribution >= 4 is 17.9 Å². The summed E-state index contributed by atoms with van der Waals surface area (Å²) in [4.78, 5) is 38.1. The maximum absolute atomic E-state index is 12.8. The summed E-state index contributed by atoms with van der Waals surface area (Å²) in [6.45, 7) is 6.53. The van der Waals surface area contributed by atoms with Gasteiger partial charge in [-0.15, -0.1) is 0 Å². The van der Waals surface area contributed by atoms with Gasteiger partial charge in [0.05, 0.1) is 0 Å². The molecule has 0 rings (SSSR count). The van der Waals surface area contributed by atoms with Crippen molar-refractivity contribution in [2.24, 2.45) is 0 Å². The molecule has 0 radical (unpaired) electrons. The fourth-order valence-electron chi connectivity index (χ4n) is 8.06. The van der Waals surface area contributed by atoms with Crippen molar-refractivity contribution in [2.75, 3.05) is 13.2 Å². The fourth-order valence-corrected chi connectivity index (χ4v) is 8.06. The van der Waals surface area contributed by atoms with E-state index in [1.165, 1.54) is 148 Å². The molecule has 0 saturated heterocycles. The third kappa shape index (κ3) is 52.1. The van der Waals surface area contributed by atoms with Gasteiger partial charge in [0, 0.05) is 19.3 Å². The third-order valence-corrected chi connectivity index (χ3v) is 12.3. The van der Waals surface area contributed by atoms with Crippen LogP contribution in [0.15, 0.2) is 60.8 Å². The lowest BCUT2D eigenvalue weighted by Gasteiger charge is -2.18. The van der Waals surface area contributed by atoms with Crippen LogP contribution >= 0.6 is 0 Å². The highest BCUT2D eigenvalue weighted by Crippen LogP contribution is 2.16. The molecular weight excluding hydrogens is 817 g/mol. The van der Waals surface area contributed by atoms with Crippen molar-refractivity contribution in [3.8, 4) is 0 Å². The van der Waals surface area contributed by atoms with E-state index in [4.69, 9.17) is 14.2 Å². The summed E-state index contributed by atoms with van der Waals surface area (Å²) in [5.41, 5.74) is 0. The van der Waals surface area contributed by atoms with Crippen LogP contribution in [0.2, 0.25) is 0 Å². The van der Waals surface area contributed by atoms with Crippen LogP contribution in [0.4, 0.5) is 0 Å². The molecule has 0 aliphatic rings. The lowest BCUT2D eigenvalue weighted by atomic mass is 10.0. The second-order valence-electron chi connectivity index (χ2n) is 18.8. The molecule has 66 heavy (non-hydrogen) atoms. The van der Waals surface area contributed by atoms with Gasteiger partial charge in [-0.1, -0.05) is 261 Å². The minimum absolute atomic E-state index is 0.0808. The van der Waals surface area contributed by atoms with Gasteiger partial charge in [0.1, 0.15) is 13.2 Å². The van der Waals surface area contributed by atoms with Crippen LogP contribution in [-0.2, 0) is 28.6 Å². The number of unbranched alkanes of at least 4 members (excludes halogenated alkanes) is 30. The first-order valence-corrected chi connectivity index (χ1v) is 28.3. The van der Waals surface area contributed by atoms with Gasteiger partial charge in [-0.05, 0) is 64.2 Å². The SMILES string of the molecule is CC/C=C/C/C=C/C/C=C/C/C=C/C/C=C/CCCCCC(=O)OC[C@@H](COC(=O)CCCCCCCCCCCCCCCC)OC(=O)CCCCCCCCCCCCCCCCC. The van der Waals surface area contributed by atoms with Crippen LogP contribution in [0, 0.1) is 0 Å². The average Bonchev–Trinajstić information content (AvgIpc) is 3.31. The van der Waals surface area contributed by atoms with Gasteiger partial charge in [0.15, 0.2) is 6.10 Å². The Morgan fingerprint density at radius 1 is 0.318 bits per heavy atom. The molecule has 0 aromatic rings. The maximum atomic E-state index is 12.8. The highest BCUT2D eigenvalue weighted by atomic mass is 16.6. The Morgan fingerprint density at radius 2 is 0.591 bits per heavy atom. The molecule has 0 aromatic heterocycles. The molecule has 0 aliphatic heterocycles. The topological polar surface area (TPSA) is 78.9 Å². The minimum atomic E-state index is -0.784. The summed E-state index contributed by atoms with van der Waals surface area (Å²) < 4.78 is 16.8. The van der Waals surface area contributed by atoms with Crippen LogP contribution in [0.3, 0.4) is 0 Å². The van der Waals surface area contributed by atoms with Gasteiger partial charge >= 0.3 is 17.9 Å². The number of hydrogen-bond donors (Lipinski definition) is 0. The lowest BCUT2D eigenvalue weighted by Crippen LogP contribution is -2.30. The number of carbonyl (C=O) groups excluding carboxylic acids is 3. The number of allylic oxidation sites excluding steroid dienone is 10. The normalized spacial score (nSPS) is 12.5. The van der Waals surface area contributed by atoms with Crippen molar-refractivity contribution in [1.82, 2.24) is 0 Å². The predicted molar refractivity (Wildman–Crippen MR) is 284 cm³/mol. The molecule has 0 amide bonds. The van der Waals surface area contributed by atoms with E-state index in [1.807, 2.05) is 0 Å². The van der Waals surface area contributed by atoms with E-state index < -0.39 is 6.10 Å². The van der Waals surface area contributed by atoms with E-state index in [0.717, 1.165) is 96.3 Å². The molecule has 6 nitrogen and oxygen atoms in total. The Labute approximate surface area is 409 Å². The summed E-state index contributed by atoms with van der Waals surface area (Å²) in [7, 11) is 0. The van der Waals surface area contributed by atoms with Crippen molar-refractivity contribution in [3.63, 3.8) is 0 Å². The Hall–Kier alpha value is -2.89. The Morgan fingerprint density at radius 3 is 0.924 bits per heavy atom. The van der Waals surface area contributed by atoms with E-state index >= 15 is 0 Å². The van der Waals surface area contributed by atoms with Crippen molar-refractivity contribution in [2.45, 2.75) is 290 Å². The quantitative estimate of drug-likeness (QED) is 0.0262. The molecule has 6 heteroatoms. The van der Waals surface area contributed by atoms with E-state index in [-0.39, 0.29) is 31.1 Å². The third-order valence-electron chi connectivity index (χ3n) is 12.3. The molecule has 0 fully saturated rings. The van der Waals surface area contributed by atoms with Crippen molar-refractivity contribution < 1.29 is 28.6 Å². The van der Waals surface area contributed by atoms with Crippen LogP contribution in [0.1, 0.15) is 284 Å². The first-order chi connectivity index (χ1) is 32.5. The number of esters is 3. The van der Waals surface area contributed by atoms with E-state index in [1.54, 1.807) is 0 Å². The van der Waals surface area contributed by atoms with E-state index in [0.29, 0.717) is 19.3 Å². The zero-order valence-electron chi connectivity index (χ0n) is 43.7. The van der Waals surface area contributed by atoms with Gasteiger partial charge in [0.2, 0.25) is 0 Å². The number of ether oxygens (including phenoxy) is 3. The average molecular weight is 924 g/mol. The molecule has 0 unspecified atom stereocenters. The van der Waals surface area contributed by atoms with Crippen LogP contribution in [-0.4, -0.2) is 37.2 Å². The fraction of sp³-hybridized carbons (Fsp3) is 0.783. The molecule has 1 atom stereocenters. The molecule has 0 bridgehead atoms. The van der Waals surface area contributed by atoms with E-state index in [9.17, 15) is 14.4 Å². The standard InChI is InChI=1S/C60H106O6/c1-4-7-10-13-16-19-22-25-28-29-30-31-33-35-38-41-44-47-50-53-59(62)65-56-57(55-64-58(61)52-49-46-43-40-37-34-27-24-21-18-15-12-9-6-3)66-60(63)54-51-48-45-42-39-36-32-26-23-20-17-14-11-8-5-2/h7,10,16,19,25,28,30-31,35,38,57H,4-6,8-9,11-15,17-18,20-24,26-27,29,32-34,36-37,39-56H2,1-3H3/b10-7+,19-16+,28-25+,31-30+,38-35+/t57-/m1/s1. The zero-order chi connectivity index (χ0) is 47.9. The zero-order valence-corrected chi connectivity index (χ0v) is 43.7. The first-order valence-electron chi connectivity index (χ1n) is 28.3. The Bertz CT molecular complexity index is 1200. The largest absolute Gasteiger partial charge is 0.462 e. The summed E-state index contributed by atoms with van der Waals surface area (Å²) >= 11 is 0. The number of rotatable bonds is 51. The number of hydrogen-bond acceptors (Lipinski definition) is 6. The van der Waals surface area contributed by atoms with Crippen LogP contribution in [0.5, 0.6) is 0 Å². The molecule has 0 aromatic carbocycles. The Balaban J connectivity index is 4.41. The predicted octanol–water partition coefficient (Wildman–Crippen LogP) is 18.8. The molecule has 0 aliphatic carbocycles. The van der Waals surface area contributed by atoms with Crippen molar-refractivity contribution in [1.29, 1.82) is 0 Å². The second-order valence-corrected chi connectivity index (χ2v) is 18.8. The van der Waals surface area contributed by atoms with Crippen LogP contribution in [0.25, 0.3) is 0 Å². The second kappa shape index (κ2) is 54.7. The smallest absolute Gasteiger partial charge is 0.306 e. The monoisotopic (exact) mass is 923 g/mol. The summed E-state index contributed by atoms with van der Waals surface area (Å²) in [6.07, 6.45) is 67.8. The summed E-state index contributed by atoms with van der Waals surface area (Å²) in [5, 5.41) is 0. The molecular formula is C60H106O6. The lowest BCUT2D eigenvalue weighted by molar-refractivity contribution is -0.167. The summed E-state index contributed by atoms with van der Waals surface area (Å²) in [6, 6.07) is 0. The molecule has 382 valence electrons. The highest BCUT2D eigenvalue weighted by Gasteiger charge is 2.19. The van der Waals surface area contributed by atoms with Gasteiger partial charge in [-0.2, -0.15) is 0 Å². The number of carbonyl (C=O) groups is 3. The van der Waals surface area contributed by atoms with Gasteiger partial charge < -0.3 is 14.2 Å². The molecule has 0 heterocycles. The van der Waals surface area contributed by atoms with E-state index in [2.05, 4.69) is 81.5 Å². The summed E-state index contributed by atoms with van der Waals surface area (Å²) in [5.74, 6) is -0.901.